The molecule has 0 saturated heterocycles. The van der Waals surface area contributed by atoms with Crippen molar-refractivity contribution in [3.8, 4) is 11.5 Å². The third kappa shape index (κ3) is 11.6. The molecule has 0 spiro atoms. The molecule has 1 rings (SSSR count). The minimum absolute atomic E-state index is 0.000966. The first-order valence-electron chi connectivity index (χ1n) is 12.8. The summed E-state index contributed by atoms with van der Waals surface area (Å²) in [7, 11) is 0. The number of carbonyl (C=O) groups is 4. The van der Waals surface area contributed by atoms with Crippen LogP contribution in [0.2, 0.25) is 0 Å². The summed E-state index contributed by atoms with van der Waals surface area (Å²) in [6.07, 6.45) is -0.810. The Morgan fingerprint density at radius 1 is 0.842 bits per heavy atom. The van der Waals surface area contributed by atoms with Crippen LogP contribution in [0.15, 0.2) is 18.2 Å². The predicted octanol–water partition coefficient (Wildman–Crippen LogP) is 5.06. The van der Waals surface area contributed by atoms with Crippen molar-refractivity contribution in [2.45, 2.75) is 107 Å². The number of hydrogen-bond acceptors (Lipinski definition) is 8. The van der Waals surface area contributed by atoms with Gasteiger partial charge in [0.05, 0.1) is 18.3 Å². The van der Waals surface area contributed by atoms with Crippen molar-refractivity contribution < 1.29 is 38.5 Å². The lowest BCUT2D eigenvalue weighted by molar-refractivity contribution is -0.160. The third-order valence-electron chi connectivity index (χ3n) is 5.32. The van der Waals surface area contributed by atoms with Crippen LogP contribution in [0.4, 0.5) is 0 Å². The van der Waals surface area contributed by atoms with Gasteiger partial charge in [-0.2, -0.15) is 0 Å². The number of esters is 3. The van der Waals surface area contributed by atoms with Crippen LogP contribution in [-0.4, -0.2) is 40.6 Å². The predicted molar refractivity (Wildman–Crippen MR) is 144 cm³/mol. The van der Waals surface area contributed by atoms with Gasteiger partial charge >= 0.3 is 23.9 Å². The van der Waals surface area contributed by atoms with E-state index in [0.717, 1.165) is 0 Å². The molecule has 1 aromatic carbocycles. The quantitative estimate of drug-likeness (QED) is 0.310. The number of hydrogen-bond donors (Lipinski definition) is 2. The van der Waals surface area contributed by atoms with E-state index in [0.29, 0.717) is 5.56 Å². The van der Waals surface area contributed by atoms with Crippen molar-refractivity contribution in [1.82, 2.24) is 0 Å². The Kier molecular flexibility index (Phi) is 10.7. The molecule has 0 fully saturated rings. The second-order valence-electron chi connectivity index (χ2n) is 13.5. The highest BCUT2D eigenvalue weighted by Crippen LogP contribution is 2.33. The lowest BCUT2D eigenvalue weighted by Gasteiger charge is -2.29. The molecule has 0 aromatic heterocycles. The standard InChI is InChI=1S/C29H45NO8/c1-18(36-25(35)28(8,9)10)14-29(30,24(33)34)15-19-11-12-20(37-22(31)16-26(2,3)4)21(13-19)38-23(32)17-27(5,6)7/h11-13,18H,14-17,30H2,1-10H3,(H,33,34)/t18-,29?/m0/s1. The normalized spacial score (nSPS) is 14.7. The molecule has 0 saturated carbocycles. The van der Waals surface area contributed by atoms with E-state index in [9.17, 15) is 24.3 Å². The molecule has 0 bridgehead atoms. The van der Waals surface area contributed by atoms with Crippen LogP contribution < -0.4 is 15.2 Å². The average Bonchev–Trinajstić information content (AvgIpc) is 2.65. The van der Waals surface area contributed by atoms with Crippen molar-refractivity contribution in [3.63, 3.8) is 0 Å². The molecule has 0 radical (unpaired) electrons. The lowest BCUT2D eigenvalue weighted by atomic mass is 9.86. The molecule has 2 atom stereocenters. The average molecular weight is 536 g/mol. The number of carbonyl (C=O) groups excluding carboxylic acids is 3. The second kappa shape index (κ2) is 12.3. The molecule has 0 aliphatic heterocycles. The lowest BCUT2D eigenvalue weighted by Crippen LogP contribution is -2.52. The van der Waals surface area contributed by atoms with E-state index in [1.54, 1.807) is 33.8 Å². The zero-order valence-electron chi connectivity index (χ0n) is 24.5. The summed E-state index contributed by atoms with van der Waals surface area (Å²) in [5.41, 5.74) is 3.56. The maximum Gasteiger partial charge on any atom is 0.324 e. The molecular formula is C29H45NO8. The zero-order chi connectivity index (χ0) is 29.7. The Balaban J connectivity index is 3.28. The monoisotopic (exact) mass is 535 g/mol. The highest BCUT2D eigenvalue weighted by atomic mass is 16.6. The summed E-state index contributed by atoms with van der Waals surface area (Å²) in [5.74, 6) is -2.71. The van der Waals surface area contributed by atoms with Gasteiger partial charge in [0.1, 0.15) is 11.6 Å². The number of carboxylic acids is 1. The van der Waals surface area contributed by atoms with E-state index in [1.165, 1.54) is 12.1 Å². The van der Waals surface area contributed by atoms with Crippen LogP contribution in [0.5, 0.6) is 11.5 Å². The van der Waals surface area contributed by atoms with Gasteiger partial charge in [0.25, 0.3) is 0 Å². The van der Waals surface area contributed by atoms with E-state index in [4.69, 9.17) is 19.9 Å². The molecular weight excluding hydrogens is 490 g/mol. The summed E-state index contributed by atoms with van der Waals surface area (Å²) in [6, 6.07) is 4.48. The Hall–Kier alpha value is -2.94. The van der Waals surface area contributed by atoms with Crippen molar-refractivity contribution >= 4 is 23.9 Å². The molecule has 38 heavy (non-hydrogen) atoms. The van der Waals surface area contributed by atoms with Crippen molar-refractivity contribution in [3.05, 3.63) is 23.8 Å². The Morgan fingerprint density at radius 2 is 1.32 bits per heavy atom. The van der Waals surface area contributed by atoms with Crippen LogP contribution in [0.25, 0.3) is 0 Å². The minimum Gasteiger partial charge on any atom is -0.480 e. The smallest absolute Gasteiger partial charge is 0.324 e. The van der Waals surface area contributed by atoms with E-state index < -0.39 is 40.9 Å². The third-order valence-corrected chi connectivity index (χ3v) is 5.32. The Bertz CT molecular complexity index is 1030. The molecule has 214 valence electrons. The SMILES string of the molecule is C[C@@H](CC(N)(Cc1ccc(OC(=O)CC(C)(C)C)c(OC(=O)CC(C)(C)C)c1)C(=O)O)OC(=O)C(C)(C)C. The highest BCUT2D eigenvalue weighted by molar-refractivity contribution is 5.80. The van der Waals surface area contributed by atoms with Gasteiger partial charge in [-0.15, -0.1) is 0 Å². The summed E-state index contributed by atoms with van der Waals surface area (Å²) >= 11 is 0. The molecule has 3 N–H and O–H groups in total. The number of carboxylic acid groups (broad SMARTS) is 1. The van der Waals surface area contributed by atoms with Crippen molar-refractivity contribution in [1.29, 1.82) is 0 Å². The van der Waals surface area contributed by atoms with Gasteiger partial charge in [-0.25, -0.2) is 0 Å². The number of aliphatic carboxylic acids is 1. The molecule has 1 aromatic rings. The fourth-order valence-corrected chi connectivity index (χ4v) is 3.52. The van der Waals surface area contributed by atoms with Crippen LogP contribution in [0, 0.1) is 16.2 Å². The van der Waals surface area contributed by atoms with Gasteiger partial charge < -0.3 is 25.1 Å². The molecule has 1 unspecified atom stereocenters. The topological polar surface area (TPSA) is 142 Å². The van der Waals surface area contributed by atoms with E-state index in [1.807, 2.05) is 41.5 Å². The van der Waals surface area contributed by atoms with Crippen LogP contribution in [0.3, 0.4) is 0 Å². The van der Waals surface area contributed by atoms with Gasteiger partial charge in [0.2, 0.25) is 0 Å². The Labute approximate surface area is 226 Å². The summed E-state index contributed by atoms with van der Waals surface area (Å²) in [4.78, 5) is 49.5. The number of ether oxygens (including phenoxy) is 3. The number of nitrogens with two attached hydrogens (primary N) is 1. The van der Waals surface area contributed by atoms with Gasteiger partial charge in [0, 0.05) is 12.8 Å². The van der Waals surface area contributed by atoms with Crippen molar-refractivity contribution in [2.24, 2.45) is 22.0 Å². The fraction of sp³-hybridized carbons (Fsp3) is 0.655. The summed E-state index contributed by atoms with van der Waals surface area (Å²) in [6.45, 7) is 18.0. The van der Waals surface area contributed by atoms with Crippen LogP contribution in [0.1, 0.15) is 94.1 Å². The summed E-state index contributed by atoms with van der Waals surface area (Å²) in [5, 5.41) is 9.94. The van der Waals surface area contributed by atoms with E-state index >= 15 is 0 Å². The summed E-state index contributed by atoms with van der Waals surface area (Å²) < 4.78 is 16.5. The molecule has 9 heteroatoms. The number of rotatable bonds is 10. The number of benzene rings is 1. The van der Waals surface area contributed by atoms with Crippen LogP contribution >= 0.6 is 0 Å². The zero-order valence-corrected chi connectivity index (χ0v) is 24.5. The molecule has 0 amide bonds. The van der Waals surface area contributed by atoms with Gasteiger partial charge in [-0.1, -0.05) is 47.6 Å². The minimum atomic E-state index is -1.78. The Morgan fingerprint density at radius 3 is 1.74 bits per heavy atom. The van der Waals surface area contributed by atoms with Gasteiger partial charge in [-0.3, -0.25) is 19.2 Å². The van der Waals surface area contributed by atoms with Crippen molar-refractivity contribution in [2.75, 3.05) is 0 Å². The first-order valence-corrected chi connectivity index (χ1v) is 12.8. The molecule has 0 aliphatic rings. The van der Waals surface area contributed by atoms with Gasteiger partial charge in [-0.05, 0) is 56.2 Å². The maximum absolute atomic E-state index is 12.6. The molecule has 0 heterocycles. The van der Waals surface area contributed by atoms with Gasteiger partial charge in [0.15, 0.2) is 11.5 Å². The molecule has 0 aliphatic carbocycles. The first kappa shape index (κ1) is 33.1. The maximum atomic E-state index is 12.6. The largest absolute Gasteiger partial charge is 0.480 e. The van der Waals surface area contributed by atoms with Crippen LogP contribution in [-0.2, 0) is 30.3 Å². The van der Waals surface area contributed by atoms with E-state index in [-0.39, 0.29) is 48.0 Å². The van der Waals surface area contributed by atoms with E-state index in [2.05, 4.69) is 0 Å². The second-order valence-corrected chi connectivity index (χ2v) is 13.5. The molecule has 9 nitrogen and oxygen atoms in total. The first-order chi connectivity index (χ1) is 17.0. The highest BCUT2D eigenvalue weighted by Gasteiger charge is 2.38. The fourth-order valence-electron chi connectivity index (χ4n) is 3.52.